The van der Waals surface area contributed by atoms with E-state index in [0.29, 0.717) is 6.07 Å². The summed E-state index contributed by atoms with van der Waals surface area (Å²) in [6.45, 7) is 4.10. The molecule has 0 fully saturated rings. The number of aromatic hydroxyl groups is 1. The number of fused-ring (bicyclic) bond motifs is 2. The molecule has 0 unspecified atom stereocenters. The van der Waals surface area contributed by atoms with Gasteiger partial charge in [0.25, 0.3) is 0 Å². The maximum absolute atomic E-state index is 14.3. The molecular weight excluding hydrogens is 452 g/mol. The number of aryl methyl sites for hydroxylation is 1. The van der Waals surface area contributed by atoms with E-state index in [0.717, 1.165) is 18.3 Å². The van der Waals surface area contributed by atoms with Crippen LogP contribution < -0.4 is 5.32 Å². The van der Waals surface area contributed by atoms with Crippen molar-refractivity contribution in [3.8, 4) is 5.75 Å². The SMILES string of the molecule is Cc1ncc2c(N[C@@H]3c4ccc(F)c(O)c4C(C)(C)C[C@]3(O)C(F)(F)F)cc(F)c(F)c2n1. The third kappa shape index (κ3) is 3.45. The van der Waals surface area contributed by atoms with Gasteiger partial charge in [0.1, 0.15) is 11.3 Å². The molecule has 11 heteroatoms. The van der Waals surface area contributed by atoms with Crippen LogP contribution in [-0.2, 0) is 5.41 Å². The summed E-state index contributed by atoms with van der Waals surface area (Å²) in [5.74, 6) is -4.47. The van der Waals surface area contributed by atoms with E-state index in [2.05, 4.69) is 15.3 Å². The smallest absolute Gasteiger partial charge is 0.419 e. The minimum atomic E-state index is -5.18. The molecule has 1 aliphatic carbocycles. The van der Waals surface area contributed by atoms with Crippen molar-refractivity contribution in [1.29, 1.82) is 0 Å². The quantitative estimate of drug-likeness (QED) is 0.449. The summed E-state index contributed by atoms with van der Waals surface area (Å²) < 4.78 is 85.4. The molecule has 0 radical (unpaired) electrons. The van der Waals surface area contributed by atoms with Crippen molar-refractivity contribution in [1.82, 2.24) is 9.97 Å². The lowest BCUT2D eigenvalue weighted by atomic mass is 9.63. The molecule has 3 N–H and O–H groups in total. The normalized spacial score (nSPS) is 22.3. The summed E-state index contributed by atoms with van der Waals surface area (Å²) >= 11 is 0. The fraction of sp³-hybridized carbons (Fsp3) is 0.364. The monoisotopic (exact) mass is 471 g/mol. The number of halogens is 6. The Balaban J connectivity index is 1.99. The number of alkyl halides is 3. The Morgan fingerprint density at radius 2 is 1.79 bits per heavy atom. The lowest BCUT2D eigenvalue weighted by Gasteiger charge is -2.49. The van der Waals surface area contributed by atoms with Gasteiger partial charge in [-0.15, -0.1) is 0 Å². The Morgan fingerprint density at radius 1 is 1.12 bits per heavy atom. The van der Waals surface area contributed by atoms with E-state index in [9.17, 15) is 36.6 Å². The maximum Gasteiger partial charge on any atom is 0.419 e. The molecule has 0 spiro atoms. The minimum absolute atomic E-state index is 0.106. The second kappa shape index (κ2) is 7.21. The fourth-order valence-corrected chi connectivity index (χ4v) is 4.61. The fourth-order valence-electron chi connectivity index (χ4n) is 4.61. The molecule has 3 aromatic rings. The van der Waals surface area contributed by atoms with Gasteiger partial charge in [0, 0.05) is 28.9 Å². The van der Waals surface area contributed by atoms with Crippen LogP contribution in [0, 0.1) is 24.4 Å². The number of hydrogen-bond acceptors (Lipinski definition) is 5. The van der Waals surface area contributed by atoms with Crippen LogP contribution >= 0.6 is 0 Å². The Kier molecular flexibility index (Phi) is 5.04. The maximum atomic E-state index is 14.3. The van der Waals surface area contributed by atoms with Crippen molar-refractivity contribution in [2.75, 3.05) is 5.32 Å². The van der Waals surface area contributed by atoms with Gasteiger partial charge in [-0.2, -0.15) is 13.2 Å². The summed E-state index contributed by atoms with van der Waals surface area (Å²) in [6.07, 6.45) is -5.00. The van der Waals surface area contributed by atoms with Gasteiger partial charge in [0.05, 0.1) is 6.04 Å². The van der Waals surface area contributed by atoms with Crippen LogP contribution in [0.4, 0.5) is 32.0 Å². The molecule has 0 saturated carbocycles. The van der Waals surface area contributed by atoms with Gasteiger partial charge in [0.2, 0.25) is 0 Å². The van der Waals surface area contributed by atoms with Crippen molar-refractivity contribution in [2.24, 2.45) is 0 Å². The minimum Gasteiger partial charge on any atom is -0.505 e. The summed E-state index contributed by atoms with van der Waals surface area (Å²) in [4.78, 5) is 7.72. The molecule has 0 aliphatic heterocycles. The molecule has 0 saturated heterocycles. The highest BCUT2D eigenvalue weighted by Gasteiger charge is 2.64. The van der Waals surface area contributed by atoms with Gasteiger partial charge < -0.3 is 15.5 Å². The van der Waals surface area contributed by atoms with Crippen molar-refractivity contribution in [3.05, 3.63) is 58.8 Å². The lowest BCUT2D eigenvalue weighted by Crippen LogP contribution is -2.58. The second-order valence-electron chi connectivity index (χ2n) is 8.82. The number of rotatable bonds is 2. The number of aliphatic hydroxyl groups is 1. The Labute approximate surface area is 184 Å². The lowest BCUT2D eigenvalue weighted by molar-refractivity contribution is -0.276. The highest BCUT2D eigenvalue weighted by atomic mass is 19.4. The average Bonchev–Trinajstić information content (AvgIpc) is 2.69. The van der Waals surface area contributed by atoms with Gasteiger partial charge in [-0.1, -0.05) is 19.9 Å². The first-order valence-electron chi connectivity index (χ1n) is 9.86. The molecule has 1 aliphatic rings. The van der Waals surface area contributed by atoms with Gasteiger partial charge in [-0.05, 0) is 30.4 Å². The first kappa shape index (κ1) is 23.1. The van der Waals surface area contributed by atoms with E-state index in [-0.39, 0.29) is 28.0 Å². The molecule has 2 aromatic carbocycles. The number of nitrogens with zero attached hydrogens (tertiary/aromatic N) is 2. The molecule has 5 nitrogen and oxygen atoms in total. The summed E-state index contributed by atoms with van der Waals surface area (Å²) in [6, 6.07) is 0.427. The zero-order valence-corrected chi connectivity index (χ0v) is 17.7. The number of nitrogens with one attached hydrogen (secondary N) is 1. The van der Waals surface area contributed by atoms with Crippen LogP contribution in [0.3, 0.4) is 0 Å². The van der Waals surface area contributed by atoms with Crippen LogP contribution in [0.2, 0.25) is 0 Å². The summed E-state index contributed by atoms with van der Waals surface area (Å²) in [5.41, 5.74) is -6.04. The van der Waals surface area contributed by atoms with Crippen molar-refractivity contribution < 1.29 is 36.6 Å². The van der Waals surface area contributed by atoms with E-state index < -0.39 is 58.4 Å². The molecule has 0 amide bonds. The van der Waals surface area contributed by atoms with Crippen LogP contribution in [0.5, 0.6) is 5.75 Å². The van der Waals surface area contributed by atoms with E-state index in [1.54, 1.807) is 0 Å². The molecule has 1 heterocycles. The number of hydrogen-bond donors (Lipinski definition) is 3. The molecular formula is C22H19F6N3O2. The molecule has 2 atom stereocenters. The molecule has 1 aromatic heterocycles. The zero-order valence-electron chi connectivity index (χ0n) is 17.7. The van der Waals surface area contributed by atoms with Gasteiger partial charge >= 0.3 is 6.18 Å². The molecule has 176 valence electrons. The van der Waals surface area contributed by atoms with Gasteiger partial charge in [-0.3, -0.25) is 0 Å². The highest BCUT2D eigenvalue weighted by Crippen LogP contribution is 2.56. The third-order valence-electron chi connectivity index (χ3n) is 6.02. The van der Waals surface area contributed by atoms with Crippen molar-refractivity contribution in [3.63, 3.8) is 0 Å². The highest BCUT2D eigenvalue weighted by molar-refractivity contribution is 5.91. The zero-order chi connectivity index (χ0) is 24.5. The first-order chi connectivity index (χ1) is 15.2. The van der Waals surface area contributed by atoms with Crippen molar-refractivity contribution >= 4 is 16.6 Å². The van der Waals surface area contributed by atoms with Crippen molar-refractivity contribution in [2.45, 2.75) is 50.4 Å². The largest absolute Gasteiger partial charge is 0.505 e. The van der Waals surface area contributed by atoms with Crippen LogP contribution in [-0.4, -0.2) is 32.0 Å². The third-order valence-corrected chi connectivity index (χ3v) is 6.02. The number of phenols is 1. The Morgan fingerprint density at radius 3 is 2.42 bits per heavy atom. The number of anilines is 1. The Hall–Kier alpha value is -3.08. The summed E-state index contributed by atoms with van der Waals surface area (Å²) in [5, 5.41) is 23.6. The van der Waals surface area contributed by atoms with Crippen LogP contribution in [0.1, 0.15) is 43.3 Å². The topological polar surface area (TPSA) is 78.3 Å². The Bertz CT molecular complexity index is 1280. The van der Waals surface area contributed by atoms with Crippen LogP contribution in [0.15, 0.2) is 24.4 Å². The molecule has 4 rings (SSSR count). The average molecular weight is 471 g/mol. The van der Waals surface area contributed by atoms with Gasteiger partial charge in [-0.25, -0.2) is 23.1 Å². The van der Waals surface area contributed by atoms with Crippen LogP contribution in [0.25, 0.3) is 10.9 Å². The summed E-state index contributed by atoms with van der Waals surface area (Å²) in [7, 11) is 0. The van der Waals surface area contributed by atoms with E-state index in [4.69, 9.17) is 0 Å². The standard InChI is InChI=1S/C22H19F6N3O2/c1-9-29-7-11-14(6-13(24)16(25)17(11)30-9)31-19-10-4-5-12(23)18(32)15(10)20(2,3)8-21(19,33)22(26,27)28/h4-7,19,31-33H,8H2,1-3H3/t19-,21-/m1/s1. The van der Waals surface area contributed by atoms with E-state index >= 15 is 0 Å². The second-order valence-corrected chi connectivity index (χ2v) is 8.82. The van der Waals surface area contributed by atoms with E-state index in [1.165, 1.54) is 20.8 Å². The number of benzene rings is 2. The first-order valence-corrected chi connectivity index (χ1v) is 9.86. The van der Waals surface area contributed by atoms with E-state index in [1.807, 2.05) is 0 Å². The number of phenolic OH excluding ortho intramolecular Hbond substituents is 1. The predicted octanol–water partition coefficient (Wildman–Crippen LogP) is 5.19. The molecule has 33 heavy (non-hydrogen) atoms. The predicted molar refractivity (Wildman–Crippen MR) is 107 cm³/mol. The van der Waals surface area contributed by atoms with Gasteiger partial charge in [0.15, 0.2) is 28.8 Å². The molecule has 0 bridgehead atoms. The number of aromatic nitrogens is 2.